The summed E-state index contributed by atoms with van der Waals surface area (Å²) in [4.78, 5) is 14.6. The number of carbonyl (C=O) groups is 1. The molecule has 0 saturated carbocycles. The van der Waals surface area contributed by atoms with Gasteiger partial charge in [-0.1, -0.05) is 0 Å². The summed E-state index contributed by atoms with van der Waals surface area (Å²) < 4.78 is 5.13. The minimum Gasteiger partial charge on any atom is -0.500 e. The minimum absolute atomic E-state index is 0.238. The molecule has 0 aromatic carbocycles. The van der Waals surface area contributed by atoms with E-state index in [1.165, 1.54) is 12.8 Å². The maximum atomic E-state index is 12.3. The molecule has 0 unspecified atom stereocenters. The van der Waals surface area contributed by atoms with Gasteiger partial charge in [-0.2, -0.15) is 0 Å². The molecule has 2 rings (SSSR count). The van der Waals surface area contributed by atoms with Gasteiger partial charge in [-0.25, -0.2) is 0 Å². The van der Waals surface area contributed by atoms with Crippen LogP contribution >= 0.6 is 0 Å². The summed E-state index contributed by atoms with van der Waals surface area (Å²) in [6, 6.07) is 0. The standard InChI is InChI=1S/C12H19NO2/c1-12(2,13-6-3-4-7-13)11(14)10-5-8-15-9-10/h9H,3-8H2,1-2H3. The Morgan fingerprint density at radius 3 is 2.60 bits per heavy atom. The van der Waals surface area contributed by atoms with Gasteiger partial charge in [0.05, 0.1) is 18.4 Å². The number of Topliss-reactive ketones (excluding diaryl/α,β-unsaturated/α-hetero) is 1. The molecule has 84 valence electrons. The van der Waals surface area contributed by atoms with Crippen LogP contribution in [0.25, 0.3) is 0 Å². The summed E-state index contributed by atoms with van der Waals surface area (Å²) in [7, 11) is 0. The Bertz CT molecular complexity index is 288. The van der Waals surface area contributed by atoms with E-state index >= 15 is 0 Å². The predicted octanol–water partition coefficient (Wildman–Crippen LogP) is 1.73. The average Bonchev–Trinajstić information content (AvgIpc) is 2.89. The first-order valence-electron chi connectivity index (χ1n) is 5.73. The Morgan fingerprint density at radius 2 is 2.07 bits per heavy atom. The van der Waals surface area contributed by atoms with Gasteiger partial charge in [0.1, 0.15) is 0 Å². The molecule has 15 heavy (non-hydrogen) atoms. The van der Waals surface area contributed by atoms with Crippen LogP contribution in [-0.2, 0) is 9.53 Å². The molecule has 0 aromatic rings. The third-order valence-electron chi connectivity index (χ3n) is 3.46. The van der Waals surface area contributed by atoms with E-state index in [1.807, 2.05) is 13.8 Å². The summed E-state index contributed by atoms with van der Waals surface area (Å²) >= 11 is 0. The van der Waals surface area contributed by atoms with Crippen LogP contribution in [0.1, 0.15) is 33.1 Å². The number of ether oxygens (including phenoxy) is 1. The fraction of sp³-hybridized carbons (Fsp3) is 0.750. The smallest absolute Gasteiger partial charge is 0.181 e. The van der Waals surface area contributed by atoms with E-state index in [9.17, 15) is 4.79 Å². The second-order valence-electron chi connectivity index (χ2n) is 4.85. The molecule has 2 aliphatic heterocycles. The zero-order valence-corrected chi connectivity index (χ0v) is 9.58. The Hall–Kier alpha value is -0.830. The molecule has 0 amide bonds. The Kier molecular flexibility index (Phi) is 2.83. The molecule has 0 spiro atoms. The SMILES string of the molecule is CC(C)(C(=O)C1=COCC1)N1CCCC1. The molecule has 1 saturated heterocycles. The van der Waals surface area contributed by atoms with Crippen molar-refractivity contribution >= 4 is 5.78 Å². The van der Waals surface area contributed by atoms with E-state index < -0.39 is 0 Å². The highest BCUT2D eigenvalue weighted by atomic mass is 16.5. The first-order valence-corrected chi connectivity index (χ1v) is 5.73. The number of rotatable bonds is 3. The highest BCUT2D eigenvalue weighted by Gasteiger charge is 2.38. The monoisotopic (exact) mass is 209 g/mol. The fourth-order valence-corrected chi connectivity index (χ4v) is 2.37. The van der Waals surface area contributed by atoms with Crippen molar-refractivity contribution in [2.75, 3.05) is 19.7 Å². The van der Waals surface area contributed by atoms with E-state index in [4.69, 9.17) is 4.74 Å². The van der Waals surface area contributed by atoms with Gasteiger partial charge in [-0.05, 0) is 39.8 Å². The molecule has 0 aliphatic carbocycles. The van der Waals surface area contributed by atoms with Gasteiger partial charge in [0.25, 0.3) is 0 Å². The van der Waals surface area contributed by atoms with Crippen LogP contribution in [0.15, 0.2) is 11.8 Å². The Labute approximate surface area is 91.1 Å². The molecule has 2 heterocycles. The second-order valence-corrected chi connectivity index (χ2v) is 4.85. The number of hydrogen-bond acceptors (Lipinski definition) is 3. The first kappa shape index (κ1) is 10.7. The predicted molar refractivity (Wildman–Crippen MR) is 58.5 cm³/mol. The number of likely N-dealkylation sites (tertiary alicyclic amines) is 1. The second kappa shape index (κ2) is 3.97. The third kappa shape index (κ3) is 1.93. The van der Waals surface area contributed by atoms with E-state index in [-0.39, 0.29) is 11.3 Å². The topological polar surface area (TPSA) is 29.5 Å². The lowest BCUT2D eigenvalue weighted by molar-refractivity contribution is -0.125. The van der Waals surface area contributed by atoms with Crippen LogP contribution in [-0.4, -0.2) is 35.9 Å². The highest BCUT2D eigenvalue weighted by molar-refractivity contribution is 6.02. The van der Waals surface area contributed by atoms with Crippen molar-refractivity contribution in [2.24, 2.45) is 0 Å². The lowest BCUT2D eigenvalue weighted by Gasteiger charge is -2.33. The van der Waals surface area contributed by atoms with Gasteiger partial charge in [0, 0.05) is 12.0 Å². The maximum absolute atomic E-state index is 12.3. The van der Waals surface area contributed by atoms with Gasteiger partial charge < -0.3 is 4.74 Å². The van der Waals surface area contributed by atoms with Gasteiger partial charge in [0.2, 0.25) is 0 Å². The molecular weight excluding hydrogens is 190 g/mol. The Balaban J connectivity index is 2.09. The van der Waals surface area contributed by atoms with Crippen LogP contribution in [0.3, 0.4) is 0 Å². The quantitative estimate of drug-likeness (QED) is 0.709. The lowest BCUT2D eigenvalue weighted by atomic mass is 9.91. The minimum atomic E-state index is -0.351. The summed E-state index contributed by atoms with van der Waals surface area (Å²) in [5.41, 5.74) is 0.502. The van der Waals surface area contributed by atoms with E-state index in [2.05, 4.69) is 4.90 Å². The summed E-state index contributed by atoms with van der Waals surface area (Å²) in [6.07, 6.45) is 4.84. The van der Waals surface area contributed by atoms with E-state index in [0.29, 0.717) is 6.61 Å². The van der Waals surface area contributed by atoms with Crippen molar-refractivity contribution in [3.63, 3.8) is 0 Å². The van der Waals surface area contributed by atoms with Crippen LogP contribution in [0.5, 0.6) is 0 Å². The molecule has 0 atom stereocenters. The lowest BCUT2D eigenvalue weighted by Crippen LogP contribution is -2.49. The van der Waals surface area contributed by atoms with Crippen LogP contribution < -0.4 is 0 Å². The molecule has 0 N–H and O–H groups in total. The van der Waals surface area contributed by atoms with Crippen molar-refractivity contribution < 1.29 is 9.53 Å². The summed E-state index contributed by atoms with van der Waals surface area (Å²) in [5.74, 6) is 0.238. The molecule has 0 aromatic heterocycles. The van der Waals surface area contributed by atoms with Crippen LogP contribution in [0.4, 0.5) is 0 Å². The van der Waals surface area contributed by atoms with Gasteiger partial charge in [-0.15, -0.1) is 0 Å². The number of carbonyl (C=O) groups excluding carboxylic acids is 1. The largest absolute Gasteiger partial charge is 0.500 e. The highest BCUT2D eigenvalue weighted by Crippen LogP contribution is 2.26. The van der Waals surface area contributed by atoms with Crippen molar-refractivity contribution in [3.05, 3.63) is 11.8 Å². The van der Waals surface area contributed by atoms with Crippen LogP contribution in [0, 0.1) is 0 Å². The summed E-state index contributed by atoms with van der Waals surface area (Å²) in [6.45, 7) is 6.82. The van der Waals surface area contributed by atoms with Crippen molar-refractivity contribution in [2.45, 2.75) is 38.6 Å². The number of ketones is 1. The molecule has 0 bridgehead atoms. The maximum Gasteiger partial charge on any atom is 0.181 e. The Morgan fingerprint density at radius 1 is 1.40 bits per heavy atom. The molecule has 3 heteroatoms. The summed E-state index contributed by atoms with van der Waals surface area (Å²) in [5, 5.41) is 0. The van der Waals surface area contributed by atoms with Crippen molar-refractivity contribution in [1.29, 1.82) is 0 Å². The number of nitrogens with zero attached hydrogens (tertiary/aromatic N) is 1. The van der Waals surface area contributed by atoms with Gasteiger partial charge in [-0.3, -0.25) is 9.69 Å². The fourth-order valence-electron chi connectivity index (χ4n) is 2.37. The van der Waals surface area contributed by atoms with Gasteiger partial charge in [0.15, 0.2) is 5.78 Å². The molecular formula is C12H19NO2. The average molecular weight is 209 g/mol. The van der Waals surface area contributed by atoms with Crippen molar-refractivity contribution in [1.82, 2.24) is 4.90 Å². The third-order valence-corrected chi connectivity index (χ3v) is 3.46. The number of hydrogen-bond donors (Lipinski definition) is 0. The van der Waals surface area contributed by atoms with Crippen LogP contribution in [0.2, 0.25) is 0 Å². The van der Waals surface area contributed by atoms with Gasteiger partial charge >= 0.3 is 0 Å². The molecule has 0 radical (unpaired) electrons. The molecule has 3 nitrogen and oxygen atoms in total. The van der Waals surface area contributed by atoms with Crippen molar-refractivity contribution in [3.8, 4) is 0 Å². The van der Waals surface area contributed by atoms with E-state index in [0.717, 1.165) is 25.1 Å². The molecule has 1 fully saturated rings. The molecule has 2 aliphatic rings. The zero-order chi connectivity index (χ0) is 10.9. The van der Waals surface area contributed by atoms with E-state index in [1.54, 1.807) is 6.26 Å². The first-order chi connectivity index (χ1) is 7.12. The zero-order valence-electron chi connectivity index (χ0n) is 9.58. The normalized spacial score (nSPS) is 22.7.